The maximum atomic E-state index is 11.3. The molecule has 1 saturated heterocycles. The number of carbonyl (C=O) groups is 1. The molecule has 1 fully saturated rings. The molecule has 7 heteroatoms. The van der Waals surface area contributed by atoms with Crippen LogP contribution >= 0.6 is 11.3 Å². The van der Waals surface area contributed by atoms with E-state index in [9.17, 15) is 10.1 Å². The zero-order valence-corrected chi connectivity index (χ0v) is 12.4. The molecule has 20 heavy (non-hydrogen) atoms. The molecule has 0 saturated carbocycles. The fourth-order valence-electron chi connectivity index (χ4n) is 2.44. The van der Waals surface area contributed by atoms with Crippen molar-refractivity contribution in [1.29, 1.82) is 5.26 Å². The Morgan fingerprint density at radius 1 is 1.40 bits per heavy atom. The van der Waals surface area contributed by atoms with Crippen molar-refractivity contribution in [3.63, 3.8) is 0 Å². The summed E-state index contributed by atoms with van der Waals surface area (Å²) in [5.74, 6) is -0.570. The van der Waals surface area contributed by atoms with Gasteiger partial charge in [-0.3, -0.25) is 9.69 Å². The van der Waals surface area contributed by atoms with Gasteiger partial charge < -0.3 is 16.4 Å². The van der Waals surface area contributed by atoms with Crippen LogP contribution in [0.4, 0.5) is 10.7 Å². The number of anilines is 2. The van der Waals surface area contributed by atoms with E-state index in [4.69, 9.17) is 11.5 Å². The number of thiophene rings is 1. The zero-order valence-electron chi connectivity index (χ0n) is 11.6. The van der Waals surface area contributed by atoms with Crippen LogP contribution in [0.25, 0.3) is 0 Å². The van der Waals surface area contributed by atoms with Crippen LogP contribution in [-0.2, 0) is 0 Å². The Kier molecular flexibility index (Phi) is 4.47. The number of amides is 1. The lowest BCUT2D eigenvalue weighted by molar-refractivity contribution is 0.100. The van der Waals surface area contributed by atoms with E-state index in [0.717, 1.165) is 44.1 Å². The smallest absolute Gasteiger partial charge is 0.261 e. The molecule has 0 radical (unpaired) electrons. The fourth-order valence-corrected chi connectivity index (χ4v) is 3.51. The first-order valence-corrected chi connectivity index (χ1v) is 7.49. The molecule has 0 aromatic carbocycles. The van der Waals surface area contributed by atoms with Gasteiger partial charge in [0.1, 0.15) is 21.5 Å². The third kappa shape index (κ3) is 2.71. The van der Waals surface area contributed by atoms with Gasteiger partial charge in [0.25, 0.3) is 5.91 Å². The average molecular weight is 293 g/mol. The lowest BCUT2D eigenvalue weighted by Crippen LogP contribution is -2.46. The topological polar surface area (TPSA) is 99.4 Å². The number of nitriles is 1. The number of nitrogen functional groups attached to an aromatic ring is 1. The van der Waals surface area contributed by atoms with Crippen LogP contribution in [0.2, 0.25) is 0 Å². The van der Waals surface area contributed by atoms with Crippen LogP contribution < -0.4 is 16.4 Å². The Morgan fingerprint density at radius 2 is 2.05 bits per heavy atom. The number of carbonyl (C=O) groups excluding carboxylic acids is 1. The van der Waals surface area contributed by atoms with E-state index in [-0.39, 0.29) is 10.6 Å². The van der Waals surface area contributed by atoms with E-state index in [2.05, 4.69) is 22.8 Å². The second-order valence-corrected chi connectivity index (χ2v) is 5.83. The summed E-state index contributed by atoms with van der Waals surface area (Å²) < 4.78 is 0. The van der Waals surface area contributed by atoms with Crippen molar-refractivity contribution in [2.45, 2.75) is 13.3 Å². The van der Waals surface area contributed by atoms with Crippen molar-refractivity contribution >= 4 is 27.9 Å². The number of nitrogens with two attached hydrogens (primary N) is 2. The molecule has 1 aliphatic rings. The number of primary amides is 1. The molecule has 2 rings (SSSR count). The summed E-state index contributed by atoms with van der Waals surface area (Å²) in [5.41, 5.74) is 11.7. The van der Waals surface area contributed by atoms with E-state index in [1.165, 1.54) is 11.3 Å². The molecular formula is C13H19N5OS. The van der Waals surface area contributed by atoms with Crippen LogP contribution in [0.1, 0.15) is 28.6 Å². The van der Waals surface area contributed by atoms with Gasteiger partial charge in [0, 0.05) is 26.2 Å². The number of nitrogens with zero attached hydrogens (tertiary/aromatic N) is 3. The molecule has 0 unspecified atom stereocenters. The van der Waals surface area contributed by atoms with Gasteiger partial charge in [-0.1, -0.05) is 6.92 Å². The standard InChI is InChI=1S/C13H19N5OS/c1-2-3-17-4-6-18(7-5-17)13-9(8-14)10(15)11(20-13)12(16)19/h2-7,15H2,1H3,(H2,16,19). The molecule has 6 nitrogen and oxygen atoms in total. The summed E-state index contributed by atoms with van der Waals surface area (Å²) in [4.78, 5) is 16.1. The summed E-state index contributed by atoms with van der Waals surface area (Å²) in [5, 5.41) is 10.0. The molecule has 2 heterocycles. The summed E-state index contributed by atoms with van der Waals surface area (Å²) in [6.07, 6.45) is 1.14. The summed E-state index contributed by atoms with van der Waals surface area (Å²) in [7, 11) is 0. The van der Waals surface area contributed by atoms with E-state index in [1.54, 1.807) is 0 Å². The Balaban J connectivity index is 2.20. The second-order valence-electron chi connectivity index (χ2n) is 4.83. The van der Waals surface area contributed by atoms with Crippen LogP contribution in [0.3, 0.4) is 0 Å². The van der Waals surface area contributed by atoms with Gasteiger partial charge in [0.05, 0.1) is 5.69 Å². The Bertz CT molecular complexity index is 540. The highest BCUT2D eigenvalue weighted by atomic mass is 32.1. The van der Waals surface area contributed by atoms with Crippen molar-refractivity contribution < 1.29 is 4.79 Å². The highest BCUT2D eigenvalue weighted by Gasteiger charge is 2.25. The summed E-state index contributed by atoms with van der Waals surface area (Å²) in [6, 6.07) is 2.10. The van der Waals surface area contributed by atoms with Crippen molar-refractivity contribution in [2.75, 3.05) is 43.4 Å². The van der Waals surface area contributed by atoms with Crippen molar-refractivity contribution in [1.82, 2.24) is 4.90 Å². The van der Waals surface area contributed by atoms with Gasteiger partial charge in [-0.05, 0) is 13.0 Å². The number of rotatable bonds is 4. The van der Waals surface area contributed by atoms with Crippen LogP contribution in [0, 0.1) is 11.3 Å². The van der Waals surface area contributed by atoms with E-state index in [0.29, 0.717) is 5.56 Å². The normalized spacial score (nSPS) is 16.1. The van der Waals surface area contributed by atoms with E-state index < -0.39 is 5.91 Å². The molecule has 108 valence electrons. The molecule has 1 amide bonds. The summed E-state index contributed by atoms with van der Waals surface area (Å²) >= 11 is 1.23. The minimum Gasteiger partial charge on any atom is -0.396 e. The predicted molar refractivity (Wildman–Crippen MR) is 80.9 cm³/mol. The van der Waals surface area contributed by atoms with Crippen LogP contribution in [0.5, 0.6) is 0 Å². The van der Waals surface area contributed by atoms with Gasteiger partial charge in [-0.15, -0.1) is 11.3 Å². The first kappa shape index (κ1) is 14.6. The number of hydrogen-bond donors (Lipinski definition) is 2. The third-order valence-corrected chi connectivity index (χ3v) is 4.74. The van der Waals surface area contributed by atoms with E-state index >= 15 is 0 Å². The molecule has 0 atom stereocenters. The largest absolute Gasteiger partial charge is 0.396 e. The molecule has 1 aliphatic heterocycles. The average Bonchev–Trinajstić information content (AvgIpc) is 2.77. The van der Waals surface area contributed by atoms with Crippen LogP contribution in [0.15, 0.2) is 0 Å². The van der Waals surface area contributed by atoms with Gasteiger partial charge >= 0.3 is 0 Å². The van der Waals surface area contributed by atoms with Gasteiger partial charge in [-0.2, -0.15) is 5.26 Å². The molecule has 1 aromatic heterocycles. The van der Waals surface area contributed by atoms with Crippen molar-refractivity contribution in [2.24, 2.45) is 5.73 Å². The quantitative estimate of drug-likeness (QED) is 0.856. The number of piperazine rings is 1. The molecule has 0 bridgehead atoms. The first-order chi connectivity index (χ1) is 9.58. The van der Waals surface area contributed by atoms with Crippen molar-refractivity contribution in [3.05, 3.63) is 10.4 Å². The van der Waals surface area contributed by atoms with Gasteiger partial charge in [0.2, 0.25) is 0 Å². The van der Waals surface area contributed by atoms with Crippen molar-refractivity contribution in [3.8, 4) is 6.07 Å². The summed E-state index contributed by atoms with van der Waals surface area (Å²) in [6.45, 7) is 6.86. The molecule has 4 N–H and O–H groups in total. The maximum absolute atomic E-state index is 11.3. The molecule has 0 aliphatic carbocycles. The minimum absolute atomic E-state index is 0.219. The highest BCUT2D eigenvalue weighted by molar-refractivity contribution is 7.19. The minimum atomic E-state index is -0.570. The Hall–Kier alpha value is -1.78. The van der Waals surface area contributed by atoms with Crippen LogP contribution in [-0.4, -0.2) is 43.5 Å². The number of hydrogen-bond acceptors (Lipinski definition) is 6. The van der Waals surface area contributed by atoms with Gasteiger partial charge in [0.15, 0.2) is 0 Å². The predicted octanol–water partition coefficient (Wildman–Crippen LogP) is 0.833. The lowest BCUT2D eigenvalue weighted by atomic mass is 10.2. The van der Waals surface area contributed by atoms with E-state index in [1.807, 2.05) is 0 Å². The fraction of sp³-hybridized carbons (Fsp3) is 0.538. The molecule has 0 spiro atoms. The Morgan fingerprint density at radius 3 is 2.55 bits per heavy atom. The zero-order chi connectivity index (χ0) is 14.7. The van der Waals surface area contributed by atoms with Gasteiger partial charge in [-0.25, -0.2) is 0 Å². The maximum Gasteiger partial charge on any atom is 0.261 e. The Labute approximate surface area is 122 Å². The highest BCUT2D eigenvalue weighted by Crippen LogP contribution is 2.37. The first-order valence-electron chi connectivity index (χ1n) is 6.68. The second kappa shape index (κ2) is 6.11. The molecule has 1 aromatic rings. The lowest BCUT2D eigenvalue weighted by Gasteiger charge is -2.35. The molecular weight excluding hydrogens is 274 g/mol. The monoisotopic (exact) mass is 293 g/mol. The SMILES string of the molecule is CCCN1CCN(c2sc(C(N)=O)c(N)c2C#N)CC1. The third-order valence-electron chi connectivity index (χ3n) is 3.46.